The molecule has 1 saturated heterocycles. The number of carbonyl (C=O) groups is 1. The Balaban J connectivity index is 1.84. The number of ether oxygens (including phenoxy) is 2. The number of rotatable bonds is 7. The standard InChI is InChI=1S/C11H19NO3/c1-2-11(13)15-8-4-6-12-9-10-5-3-7-14-10/h2,10,12H,1,3-9H2. The van der Waals surface area contributed by atoms with Gasteiger partial charge in [-0.1, -0.05) is 6.58 Å². The van der Waals surface area contributed by atoms with Crippen LogP contribution in [0.3, 0.4) is 0 Å². The molecule has 0 aromatic carbocycles. The van der Waals surface area contributed by atoms with Crippen LogP contribution in [0.4, 0.5) is 0 Å². The highest BCUT2D eigenvalue weighted by Gasteiger charge is 2.13. The zero-order valence-corrected chi connectivity index (χ0v) is 9.04. The lowest BCUT2D eigenvalue weighted by molar-refractivity contribution is -0.137. The second-order valence-electron chi connectivity index (χ2n) is 3.56. The molecule has 1 fully saturated rings. The Morgan fingerprint density at radius 2 is 2.53 bits per heavy atom. The van der Waals surface area contributed by atoms with Crippen molar-refractivity contribution in [3.05, 3.63) is 12.7 Å². The molecular formula is C11H19NO3. The van der Waals surface area contributed by atoms with Gasteiger partial charge in [0.1, 0.15) is 0 Å². The highest BCUT2D eigenvalue weighted by Crippen LogP contribution is 2.10. The van der Waals surface area contributed by atoms with Gasteiger partial charge in [-0.25, -0.2) is 4.79 Å². The van der Waals surface area contributed by atoms with Crippen molar-refractivity contribution in [2.45, 2.75) is 25.4 Å². The summed E-state index contributed by atoms with van der Waals surface area (Å²) in [6, 6.07) is 0. The van der Waals surface area contributed by atoms with Crippen molar-refractivity contribution in [2.75, 3.05) is 26.3 Å². The molecule has 1 aliphatic heterocycles. The van der Waals surface area contributed by atoms with Crippen LogP contribution in [0.25, 0.3) is 0 Å². The van der Waals surface area contributed by atoms with Crippen LogP contribution < -0.4 is 5.32 Å². The van der Waals surface area contributed by atoms with E-state index < -0.39 is 0 Å². The van der Waals surface area contributed by atoms with E-state index in [2.05, 4.69) is 11.9 Å². The molecule has 15 heavy (non-hydrogen) atoms. The summed E-state index contributed by atoms with van der Waals surface area (Å²) in [6.45, 7) is 6.41. The molecule has 1 rings (SSSR count). The van der Waals surface area contributed by atoms with Crippen molar-refractivity contribution in [3.63, 3.8) is 0 Å². The van der Waals surface area contributed by atoms with E-state index in [9.17, 15) is 4.79 Å². The maximum atomic E-state index is 10.7. The molecule has 0 radical (unpaired) electrons. The van der Waals surface area contributed by atoms with E-state index in [-0.39, 0.29) is 5.97 Å². The average Bonchev–Trinajstić information content (AvgIpc) is 2.75. The first-order valence-electron chi connectivity index (χ1n) is 5.44. The summed E-state index contributed by atoms with van der Waals surface area (Å²) in [4.78, 5) is 10.7. The molecule has 1 N–H and O–H groups in total. The van der Waals surface area contributed by atoms with Crippen LogP contribution >= 0.6 is 0 Å². The lowest BCUT2D eigenvalue weighted by Gasteiger charge is -2.10. The van der Waals surface area contributed by atoms with Crippen LogP contribution in [0.5, 0.6) is 0 Å². The summed E-state index contributed by atoms with van der Waals surface area (Å²) in [5.74, 6) is -0.353. The lowest BCUT2D eigenvalue weighted by atomic mass is 10.2. The van der Waals surface area contributed by atoms with Crippen molar-refractivity contribution in [1.82, 2.24) is 5.32 Å². The van der Waals surface area contributed by atoms with Crippen LogP contribution in [-0.4, -0.2) is 38.4 Å². The summed E-state index contributed by atoms with van der Waals surface area (Å²) in [6.07, 6.45) is 4.70. The third-order valence-electron chi connectivity index (χ3n) is 2.30. The number of hydrogen-bond acceptors (Lipinski definition) is 4. The lowest BCUT2D eigenvalue weighted by Crippen LogP contribution is -2.27. The maximum absolute atomic E-state index is 10.7. The Hall–Kier alpha value is -0.870. The molecule has 0 aliphatic carbocycles. The molecule has 1 unspecified atom stereocenters. The zero-order chi connectivity index (χ0) is 10.9. The van der Waals surface area contributed by atoms with Gasteiger partial charge in [0, 0.05) is 19.2 Å². The highest BCUT2D eigenvalue weighted by molar-refractivity contribution is 5.81. The van der Waals surface area contributed by atoms with E-state index in [0.29, 0.717) is 12.7 Å². The Morgan fingerprint density at radius 1 is 1.67 bits per heavy atom. The smallest absolute Gasteiger partial charge is 0.330 e. The predicted molar refractivity (Wildman–Crippen MR) is 57.6 cm³/mol. The van der Waals surface area contributed by atoms with Crippen molar-refractivity contribution in [2.24, 2.45) is 0 Å². The van der Waals surface area contributed by atoms with Gasteiger partial charge in [0.2, 0.25) is 0 Å². The Bertz CT molecular complexity index is 200. The number of hydrogen-bond donors (Lipinski definition) is 1. The molecule has 4 nitrogen and oxygen atoms in total. The van der Waals surface area contributed by atoms with Crippen LogP contribution in [0.1, 0.15) is 19.3 Å². The van der Waals surface area contributed by atoms with Gasteiger partial charge in [-0.3, -0.25) is 0 Å². The molecule has 0 aromatic heterocycles. The molecule has 1 atom stereocenters. The SMILES string of the molecule is C=CC(=O)OCCCNCC1CCCO1. The van der Waals surface area contributed by atoms with Crippen molar-refractivity contribution >= 4 is 5.97 Å². The number of esters is 1. The summed E-state index contributed by atoms with van der Waals surface area (Å²) in [5, 5.41) is 3.28. The Kier molecular flexibility index (Phi) is 6.04. The molecule has 86 valence electrons. The first-order chi connectivity index (χ1) is 7.33. The molecule has 0 saturated carbocycles. The van der Waals surface area contributed by atoms with E-state index >= 15 is 0 Å². The fourth-order valence-corrected chi connectivity index (χ4v) is 1.50. The fraction of sp³-hybridized carbons (Fsp3) is 0.727. The van der Waals surface area contributed by atoms with Crippen molar-refractivity contribution < 1.29 is 14.3 Å². The fourth-order valence-electron chi connectivity index (χ4n) is 1.50. The number of carbonyl (C=O) groups excluding carboxylic acids is 1. The molecule has 1 heterocycles. The van der Waals surface area contributed by atoms with Gasteiger partial charge >= 0.3 is 5.97 Å². The molecular weight excluding hydrogens is 194 g/mol. The Labute approximate surface area is 90.6 Å². The van der Waals surface area contributed by atoms with E-state index in [1.807, 2.05) is 0 Å². The average molecular weight is 213 g/mol. The minimum Gasteiger partial charge on any atom is -0.462 e. The molecule has 0 bridgehead atoms. The summed E-state index contributed by atoms with van der Waals surface area (Å²) in [7, 11) is 0. The van der Waals surface area contributed by atoms with Crippen molar-refractivity contribution in [3.8, 4) is 0 Å². The molecule has 0 amide bonds. The third kappa shape index (κ3) is 5.54. The van der Waals surface area contributed by atoms with Gasteiger partial charge in [0.05, 0.1) is 12.7 Å². The number of nitrogens with one attached hydrogen (secondary N) is 1. The third-order valence-corrected chi connectivity index (χ3v) is 2.30. The van der Waals surface area contributed by atoms with Gasteiger partial charge in [-0.2, -0.15) is 0 Å². The van der Waals surface area contributed by atoms with Crippen molar-refractivity contribution in [1.29, 1.82) is 0 Å². The van der Waals surface area contributed by atoms with Gasteiger partial charge < -0.3 is 14.8 Å². The largest absolute Gasteiger partial charge is 0.462 e. The second kappa shape index (κ2) is 7.43. The Morgan fingerprint density at radius 3 is 3.20 bits per heavy atom. The quantitative estimate of drug-likeness (QED) is 0.387. The van der Waals surface area contributed by atoms with Crippen LogP contribution in [-0.2, 0) is 14.3 Å². The topological polar surface area (TPSA) is 47.6 Å². The van der Waals surface area contributed by atoms with Gasteiger partial charge in [0.15, 0.2) is 0 Å². The van der Waals surface area contributed by atoms with E-state index in [1.54, 1.807) is 0 Å². The molecule has 1 aliphatic rings. The predicted octanol–water partition coefficient (Wildman–Crippen LogP) is 0.874. The summed E-state index contributed by atoms with van der Waals surface area (Å²) in [5.41, 5.74) is 0. The van der Waals surface area contributed by atoms with Crippen LogP contribution in [0.2, 0.25) is 0 Å². The molecule has 0 aromatic rings. The summed E-state index contributed by atoms with van der Waals surface area (Å²) >= 11 is 0. The molecule has 4 heteroatoms. The minimum atomic E-state index is -0.353. The second-order valence-corrected chi connectivity index (χ2v) is 3.56. The van der Waals surface area contributed by atoms with Gasteiger partial charge in [-0.15, -0.1) is 0 Å². The van der Waals surface area contributed by atoms with E-state index in [4.69, 9.17) is 9.47 Å². The minimum absolute atomic E-state index is 0.353. The summed E-state index contributed by atoms with van der Waals surface area (Å²) < 4.78 is 10.3. The highest BCUT2D eigenvalue weighted by atomic mass is 16.5. The van der Waals surface area contributed by atoms with Crippen LogP contribution in [0.15, 0.2) is 12.7 Å². The first-order valence-corrected chi connectivity index (χ1v) is 5.44. The van der Waals surface area contributed by atoms with Crippen LogP contribution in [0, 0.1) is 0 Å². The molecule has 0 spiro atoms. The normalized spacial score (nSPS) is 20.1. The maximum Gasteiger partial charge on any atom is 0.330 e. The van der Waals surface area contributed by atoms with Gasteiger partial charge in [0.25, 0.3) is 0 Å². The monoisotopic (exact) mass is 213 g/mol. The zero-order valence-electron chi connectivity index (χ0n) is 9.04. The first kappa shape index (κ1) is 12.2. The van der Waals surface area contributed by atoms with E-state index in [0.717, 1.165) is 32.5 Å². The van der Waals surface area contributed by atoms with Gasteiger partial charge in [-0.05, 0) is 25.8 Å². The van der Waals surface area contributed by atoms with E-state index in [1.165, 1.54) is 12.5 Å².